The predicted octanol–water partition coefficient (Wildman–Crippen LogP) is 2.55. The highest BCUT2D eigenvalue weighted by Gasteiger charge is 2.10. The zero-order chi connectivity index (χ0) is 15.5. The highest BCUT2D eigenvalue weighted by Crippen LogP contribution is 2.26. The van der Waals surface area contributed by atoms with Gasteiger partial charge in [-0.1, -0.05) is 12.1 Å². The van der Waals surface area contributed by atoms with E-state index >= 15 is 0 Å². The van der Waals surface area contributed by atoms with Gasteiger partial charge in [0.05, 0.1) is 12.8 Å². The van der Waals surface area contributed by atoms with Gasteiger partial charge in [-0.2, -0.15) is 0 Å². The lowest BCUT2D eigenvalue weighted by Crippen LogP contribution is -2.08. The van der Waals surface area contributed by atoms with E-state index in [0.29, 0.717) is 23.7 Å². The van der Waals surface area contributed by atoms with Crippen molar-refractivity contribution in [2.75, 3.05) is 25.6 Å². The van der Waals surface area contributed by atoms with Crippen LogP contribution in [-0.4, -0.2) is 40.6 Å². The molecular weight excluding hydrogens is 278 g/mol. The second-order valence-electron chi connectivity index (χ2n) is 4.98. The van der Waals surface area contributed by atoms with E-state index in [4.69, 9.17) is 4.74 Å². The molecule has 3 rings (SSSR count). The summed E-state index contributed by atoms with van der Waals surface area (Å²) in [5.41, 5.74) is 4.06. The summed E-state index contributed by atoms with van der Waals surface area (Å²) in [5, 5.41) is 0. The fourth-order valence-electron chi connectivity index (χ4n) is 2.17. The van der Waals surface area contributed by atoms with Crippen LogP contribution >= 0.6 is 0 Å². The standard InChI is InChI=1S/C16H17N5O/c1-4-22-13-9-17-16-15(20-13)14(18-10-19-16)11-5-7-12(8-6-11)21(2)3/h5-10H,4H2,1-3H3. The summed E-state index contributed by atoms with van der Waals surface area (Å²) >= 11 is 0. The van der Waals surface area contributed by atoms with Gasteiger partial charge in [-0.15, -0.1) is 0 Å². The molecule has 2 aromatic heterocycles. The Bertz CT molecular complexity index is 786. The molecule has 6 heteroatoms. The summed E-state index contributed by atoms with van der Waals surface area (Å²) < 4.78 is 5.42. The molecule has 22 heavy (non-hydrogen) atoms. The van der Waals surface area contributed by atoms with E-state index < -0.39 is 0 Å². The number of fused-ring (bicyclic) bond motifs is 1. The third kappa shape index (κ3) is 2.67. The summed E-state index contributed by atoms with van der Waals surface area (Å²) in [5.74, 6) is 0.482. The first kappa shape index (κ1) is 14.2. The van der Waals surface area contributed by atoms with Crippen molar-refractivity contribution in [2.24, 2.45) is 0 Å². The molecule has 0 aliphatic heterocycles. The molecule has 6 nitrogen and oxygen atoms in total. The first-order valence-corrected chi connectivity index (χ1v) is 7.07. The molecule has 0 amide bonds. The van der Waals surface area contributed by atoms with Crippen molar-refractivity contribution >= 4 is 16.9 Å². The van der Waals surface area contributed by atoms with Crippen LogP contribution in [0.4, 0.5) is 5.69 Å². The largest absolute Gasteiger partial charge is 0.477 e. The lowest BCUT2D eigenvalue weighted by molar-refractivity contribution is 0.326. The quantitative estimate of drug-likeness (QED) is 0.737. The third-order valence-corrected chi connectivity index (χ3v) is 3.27. The molecule has 0 N–H and O–H groups in total. The Hall–Kier alpha value is -2.76. The van der Waals surface area contributed by atoms with E-state index in [-0.39, 0.29) is 0 Å². The lowest BCUT2D eigenvalue weighted by atomic mass is 10.1. The van der Waals surface area contributed by atoms with Gasteiger partial charge in [0.1, 0.15) is 17.5 Å². The molecule has 0 unspecified atom stereocenters. The molecule has 0 bridgehead atoms. The van der Waals surface area contributed by atoms with E-state index in [1.165, 1.54) is 6.33 Å². The van der Waals surface area contributed by atoms with Crippen molar-refractivity contribution in [1.29, 1.82) is 0 Å². The van der Waals surface area contributed by atoms with Gasteiger partial charge in [0.15, 0.2) is 5.65 Å². The average Bonchev–Trinajstić information content (AvgIpc) is 2.54. The van der Waals surface area contributed by atoms with Gasteiger partial charge in [0.2, 0.25) is 5.88 Å². The number of aromatic nitrogens is 4. The van der Waals surface area contributed by atoms with Crippen molar-refractivity contribution in [3.8, 4) is 17.1 Å². The Balaban J connectivity index is 2.10. The Morgan fingerprint density at radius 2 is 1.82 bits per heavy atom. The number of benzene rings is 1. The molecule has 0 aliphatic rings. The van der Waals surface area contributed by atoms with Crippen LogP contribution < -0.4 is 9.64 Å². The Labute approximate surface area is 128 Å². The molecule has 112 valence electrons. The van der Waals surface area contributed by atoms with Gasteiger partial charge in [-0.25, -0.2) is 19.9 Å². The van der Waals surface area contributed by atoms with Crippen LogP contribution in [0.15, 0.2) is 36.8 Å². The number of ether oxygens (including phenoxy) is 1. The Kier molecular flexibility index (Phi) is 3.82. The van der Waals surface area contributed by atoms with Gasteiger partial charge in [0.25, 0.3) is 0 Å². The average molecular weight is 295 g/mol. The second-order valence-corrected chi connectivity index (χ2v) is 4.98. The smallest absolute Gasteiger partial charge is 0.233 e. The third-order valence-electron chi connectivity index (χ3n) is 3.27. The van der Waals surface area contributed by atoms with Crippen molar-refractivity contribution in [3.63, 3.8) is 0 Å². The zero-order valence-corrected chi connectivity index (χ0v) is 12.8. The zero-order valence-electron chi connectivity index (χ0n) is 12.8. The fraction of sp³-hybridized carbons (Fsp3) is 0.250. The number of hydrogen-bond acceptors (Lipinski definition) is 6. The highest BCUT2D eigenvalue weighted by molar-refractivity contribution is 5.86. The topological polar surface area (TPSA) is 64.0 Å². The molecule has 0 spiro atoms. The molecule has 1 aromatic carbocycles. The van der Waals surface area contributed by atoms with Crippen LogP contribution in [0, 0.1) is 0 Å². The summed E-state index contributed by atoms with van der Waals surface area (Å²) in [6.07, 6.45) is 3.09. The maximum atomic E-state index is 5.42. The fourth-order valence-corrected chi connectivity index (χ4v) is 2.17. The molecule has 0 saturated carbocycles. The number of anilines is 1. The van der Waals surface area contributed by atoms with Crippen LogP contribution in [0.1, 0.15) is 6.92 Å². The first-order chi connectivity index (χ1) is 10.7. The van der Waals surface area contributed by atoms with Crippen molar-refractivity contribution in [3.05, 3.63) is 36.8 Å². The Morgan fingerprint density at radius 3 is 2.50 bits per heavy atom. The van der Waals surface area contributed by atoms with Crippen molar-refractivity contribution in [1.82, 2.24) is 19.9 Å². The van der Waals surface area contributed by atoms with Crippen LogP contribution in [-0.2, 0) is 0 Å². The second kappa shape index (κ2) is 5.93. The van der Waals surface area contributed by atoms with E-state index in [1.807, 2.05) is 45.3 Å². The molecule has 0 fully saturated rings. The van der Waals surface area contributed by atoms with Gasteiger partial charge in [-0.05, 0) is 19.1 Å². The van der Waals surface area contributed by atoms with Gasteiger partial charge in [0, 0.05) is 25.3 Å². The molecule has 0 atom stereocenters. The molecule has 0 aliphatic carbocycles. The number of rotatable bonds is 4. The SMILES string of the molecule is CCOc1cnc2ncnc(-c3ccc(N(C)C)cc3)c2n1. The minimum atomic E-state index is 0.482. The maximum absolute atomic E-state index is 5.42. The molecule has 0 radical (unpaired) electrons. The molecular formula is C16H17N5O. The summed E-state index contributed by atoms with van der Waals surface area (Å²) in [7, 11) is 4.02. The van der Waals surface area contributed by atoms with E-state index in [2.05, 4.69) is 24.8 Å². The molecule has 2 heterocycles. The lowest BCUT2D eigenvalue weighted by Gasteiger charge is -2.12. The summed E-state index contributed by atoms with van der Waals surface area (Å²) in [4.78, 5) is 19.4. The summed E-state index contributed by atoms with van der Waals surface area (Å²) in [6, 6.07) is 8.13. The molecule has 0 saturated heterocycles. The first-order valence-electron chi connectivity index (χ1n) is 7.07. The predicted molar refractivity (Wildman–Crippen MR) is 86.1 cm³/mol. The number of hydrogen-bond donors (Lipinski definition) is 0. The Morgan fingerprint density at radius 1 is 1.05 bits per heavy atom. The number of nitrogens with zero attached hydrogens (tertiary/aromatic N) is 5. The minimum Gasteiger partial charge on any atom is -0.477 e. The highest BCUT2D eigenvalue weighted by atomic mass is 16.5. The maximum Gasteiger partial charge on any atom is 0.233 e. The van der Waals surface area contributed by atoms with Crippen molar-refractivity contribution in [2.45, 2.75) is 6.92 Å². The van der Waals surface area contributed by atoms with Crippen molar-refractivity contribution < 1.29 is 4.74 Å². The van der Waals surface area contributed by atoms with E-state index in [9.17, 15) is 0 Å². The normalized spacial score (nSPS) is 10.7. The van der Waals surface area contributed by atoms with Gasteiger partial charge < -0.3 is 9.64 Å². The van der Waals surface area contributed by atoms with Gasteiger partial charge in [-0.3, -0.25) is 0 Å². The van der Waals surface area contributed by atoms with Crippen LogP contribution in [0.3, 0.4) is 0 Å². The summed E-state index contributed by atoms with van der Waals surface area (Å²) in [6.45, 7) is 2.45. The van der Waals surface area contributed by atoms with Gasteiger partial charge >= 0.3 is 0 Å². The van der Waals surface area contributed by atoms with Crippen LogP contribution in [0.2, 0.25) is 0 Å². The van der Waals surface area contributed by atoms with Crippen LogP contribution in [0.5, 0.6) is 5.88 Å². The van der Waals surface area contributed by atoms with Crippen LogP contribution in [0.25, 0.3) is 22.4 Å². The molecule has 3 aromatic rings. The van der Waals surface area contributed by atoms with E-state index in [0.717, 1.165) is 16.9 Å². The van der Waals surface area contributed by atoms with E-state index in [1.54, 1.807) is 6.20 Å². The monoisotopic (exact) mass is 295 g/mol. The minimum absolute atomic E-state index is 0.482.